The second-order valence-electron chi connectivity index (χ2n) is 6.82. The van der Waals surface area contributed by atoms with Crippen LogP contribution in [0.15, 0.2) is 6.20 Å². The Balaban J connectivity index is 2.43. The maximum absolute atomic E-state index is 13.3. The first-order valence-corrected chi connectivity index (χ1v) is 8.12. The Morgan fingerprint density at radius 1 is 1.43 bits per heavy atom. The van der Waals surface area contributed by atoms with E-state index in [0.29, 0.717) is 16.6 Å². The third kappa shape index (κ3) is 2.88. The summed E-state index contributed by atoms with van der Waals surface area (Å²) in [4.78, 5) is 15.4. The number of rotatable bonds is 4. The Labute approximate surface area is 132 Å². The van der Waals surface area contributed by atoms with Crippen molar-refractivity contribution in [3.05, 3.63) is 16.9 Å². The molecule has 0 aromatic carbocycles. The van der Waals surface area contributed by atoms with E-state index in [1.807, 2.05) is 27.9 Å². The molecule has 0 unspecified atom stereocenters. The van der Waals surface area contributed by atoms with Crippen molar-refractivity contribution in [2.45, 2.75) is 58.0 Å². The van der Waals surface area contributed by atoms with Gasteiger partial charge in [-0.25, -0.2) is 0 Å². The molecule has 1 fully saturated rings. The minimum absolute atomic E-state index is 0.121. The molecule has 0 aliphatic heterocycles. The summed E-state index contributed by atoms with van der Waals surface area (Å²) in [7, 11) is 4.00. The first-order valence-electron chi connectivity index (χ1n) is 7.75. The second kappa shape index (κ2) is 6.09. The van der Waals surface area contributed by atoms with Gasteiger partial charge in [0.25, 0.3) is 0 Å². The highest BCUT2D eigenvalue weighted by Gasteiger charge is 2.45. The van der Waals surface area contributed by atoms with Gasteiger partial charge in [0.2, 0.25) is 5.78 Å². The Morgan fingerprint density at radius 3 is 2.48 bits per heavy atom. The summed E-state index contributed by atoms with van der Waals surface area (Å²) in [6.45, 7) is 6.30. The maximum Gasteiger partial charge on any atom is 0.202 e. The average Bonchev–Trinajstić information content (AvgIpc) is 2.80. The van der Waals surface area contributed by atoms with Crippen molar-refractivity contribution in [3.8, 4) is 0 Å². The van der Waals surface area contributed by atoms with Gasteiger partial charge in [0, 0.05) is 6.04 Å². The fourth-order valence-corrected chi connectivity index (χ4v) is 3.50. The Hall–Kier alpha value is -0.870. The topological polar surface area (TPSA) is 38.1 Å². The van der Waals surface area contributed by atoms with Gasteiger partial charge in [0.1, 0.15) is 5.69 Å². The standard InChI is InChI=1S/C16H26ClN3O/c1-11(2)20-14(13(17)10-18-20)15(21)16(19(4)5)8-6-12(3)7-9-16/h10-12H,6-9H2,1-5H3. The number of hydrogen-bond acceptors (Lipinski definition) is 3. The minimum atomic E-state index is -0.442. The van der Waals surface area contributed by atoms with Crippen LogP contribution in [0.3, 0.4) is 0 Å². The van der Waals surface area contributed by atoms with E-state index in [1.165, 1.54) is 0 Å². The first-order chi connectivity index (χ1) is 9.79. The van der Waals surface area contributed by atoms with Gasteiger partial charge in [-0.3, -0.25) is 14.4 Å². The molecule has 0 bridgehead atoms. The van der Waals surface area contributed by atoms with Crippen LogP contribution in [0.5, 0.6) is 0 Å². The average molecular weight is 312 g/mol. The predicted molar refractivity (Wildman–Crippen MR) is 86.0 cm³/mol. The van der Waals surface area contributed by atoms with Gasteiger partial charge in [-0.05, 0) is 59.5 Å². The molecule has 1 heterocycles. The lowest BCUT2D eigenvalue weighted by Crippen LogP contribution is -2.53. The predicted octanol–water partition coefficient (Wildman–Crippen LogP) is 3.81. The summed E-state index contributed by atoms with van der Waals surface area (Å²) < 4.78 is 1.76. The molecule has 1 aliphatic rings. The van der Waals surface area contributed by atoms with Crippen molar-refractivity contribution in [3.63, 3.8) is 0 Å². The summed E-state index contributed by atoms with van der Waals surface area (Å²) in [5.41, 5.74) is 0.123. The summed E-state index contributed by atoms with van der Waals surface area (Å²) in [5.74, 6) is 0.812. The molecule has 1 aliphatic carbocycles. The third-order valence-corrected chi connectivity index (χ3v) is 5.11. The molecule has 0 saturated heterocycles. The number of ketones is 1. The van der Waals surface area contributed by atoms with Crippen molar-refractivity contribution in [1.29, 1.82) is 0 Å². The first kappa shape index (κ1) is 16.5. The number of carbonyl (C=O) groups is 1. The molecule has 5 heteroatoms. The van der Waals surface area contributed by atoms with Crippen LogP contribution in [0.4, 0.5) is 0 Å². The zero-order valence-corrected chi connectivity index (χ0v) is 14.4. The lowest BCUT2D eigenvalue weighted by atomic mass is 9.73. The van der Waals surface area contributed by atoms with E-state index < -0.39 is 5.54 Å². The molecule has 118 valence electrons. The molecule has 4 nitrogen and oxygen atoms in total. The number of nitrogens with zero attached hydrogens (tertiary/aromatic N) is 3. The highest BCUT2D eigenvalue weighted by atomic mass is 35.5. The van der Waals surface area contributed by atoms with Crippen LogP contribution in [0.25, 0.3) is 0 Å². The van der Waals surface area contributed by atoms with Gasteiger partial charge in [-0.1, -0.05) is 18.5 Å². The van der Waals surface area contributed by atoms with Crippen molar-refractivity contribution in [2.24, 2.45) is 5.92 Å². The van der Waals surface area contributed by atoms with Crippen molar-refractivity contribution >= 4 is 17.4 Å². The summed E-state index contributed by atoms with van der Waals surface area (Å²) in [5, 5.41) is 4.75. The lowest BCUT2D eigenvalue weighted by Gasteiger charge is -2.43. The van der Waals surface area contributed by atoms with Crippen LogP contribution < -0.4 is 0 Å². The molecule has 2 rings (SSSR count). The molecule has 1 aromatic rings. The summed E-state index contributed by atoms with van der Waals surface area (Å²) in [6.07, 6.45) is 5.53. The SMILES string of the molecule is CC1CCC(C(=O)c2c(Cl)cnn2C(C)C)(N(C)C)CC1. The second-order valence-corrected chi connectivity index (χ2v) is 7.22. The fourth-order valence-electron chi connectivity index (χ4n) is 3.28. The zero-order chi connectivity index (χ0) is 15.8. The molecule has 1 saturated carbocycles. The number of carbonyl (C=O) groups excluding carboxylic acids is 1. The molecular weight excluding hydrogens is 286 g/mol. The molecular formula is C16H26ClN3O. The molecule has 0 spiro atoms. The Morgan fingerprint density at radius 2 is 2.00 bits per heavy atom. The summed E-state index contributed by atoms with van der Waals surface area (Å²) >= 11 is 6.28. The van der Waals surface area contributed by atoms with Gasteiger partial charge >= 0.3 is 0 Å². The van der Waals surface area contributed by atoms with Crippen molar-refractivity contribution < 1.29 is 4.79 Å². The third-order valence-electron chi connectivity index (χ3n) is 4.84. The molecule has 0 atom stereocenters. The van der Waals surface area contributed by atoms with E-state index in [-0.39, 0.29) is 11.8 Å². The Kier molecular flexibility index (Phi) is 4.79. The number of likely N-dealkylation sites (N-methyl/N-ethyl adjacent to an activating group) is 1. The van der Waals surface area contributed by atoms with Gasteiger partial charge in [0.15, 0.2) is 0 Å². The van der Waals surface area contributed by atoms with Gasteiger partial charge in [0.05, 0.1) is 16.8 Å². The van der Waals surface area contributed by atoms with Crippen LogP contribution in [0.2, 0.25) is 5.02 Å². The Bertz CT molecular complexity index is 514. The van der Waals surface area contributed by atoms with Crippen LogP contribution >= 0.6 is 11.6 Å². The van der Waals surface area contributed by atoms with Crippen molar-refractivity contribution in [1.82, 2.24) is 14.7 Å². The lowest BCUT2D eigenvalue weighted by molar-refractivity contribution is 0.0500. The van der Waals surface area contributed by atoms with Gasteiger partial charge in [-0.2, -0.15) is 5.10 Å². The summed E-state index contributed by atoms with van der Waals surface area (Å²) in [6, 6.07) is 0.123. The molecule has 1 aromatic heterocycles. The smallest absolute Gasteiger partial charge is 0.202 e. The molecule has 21 heavy (non-hydrogen) atoms. The fraction of sp³-hybridized carbons (Fsp3) is 0.750. The van der Waals surface area contributed by atoms with E-state index in [0.717, 1.165) is 25.7 Å². The highest BCUT2D eigenvalue weighted by Crippen LogP contribution is 2.39. The zero-order valence-electron chi connectivity index (χ0n) is 13.7. The van der Waals surface area contributed by atoms with Gasteiger partial charge < -0.3 is 0 Å². The van der Waals surface area contributed by atoms with Crippen molar-refractivity contribution in [2.75, 3.05) is 14.1 Å². The number of Topliss-reactive ketones (excluding diaryl/α,β-unsaturated/α-hetero) is 1. The number of halogens is 1. The van der Waals surface area contributed by atoms with E-state index >= 15 is 0 Å². The van der Waals surface area contributed by atoms with Crippen LogP contribution in [-0.4, -0.2) is 40.1 Å². The quantitative estimate of drug-likeness (QED) is 0.794. The monoisotopic (exact) mass is 311 g/mol. The van der Waals surface area contributed by atoms with E-state index in [1.54, 1.807) is 10.9 Å². The molecule has 0 N–H and O–H groups in total. The maximum atomic E-state index is 13.3. The van der Waals surface area contributed by atoms with Crippen LogP contribution in [0.1, 0.15) is 63.0 Å². The van der Waals surface area contributed by atoms with E-state index in [4.69, 9.17) is 11.6 Å². The molecule has 0 radical (unpaired) electrons. The largest absolute Gasteiger partial charge is 0.297 e. The number of aromatic nitrogens is 2. The van der Waals surface area contributed by atoms with Crippen LogP contribution in [0, 0.1) is 5.92 Å². The normalized spacial score (nSPS) is 26.6. The van der Waals surface area contributed by atoms with Gasteiger partial charge in [-0.15, -0.1) is 0 Å². The molecule has 0 amide bonds. The minimum Gasteiger partial charge on any atom is -0.297 e. The van der Waals surface area contributed by atoms with E-state index in [2.05, 4.69) is 16.9 Å². The highest BCUT2D eigenvalue weighted by molar-refractivity contribution is 6.34. The number of hydrogen-bond donors (Lipinski definition) is 0. The van der Waals surface area contributed by atoms with E-state index in [9.17, 15) is 4.79 Å². The van der Waals surface area contributed by atoms with Crippen LogP contribution in [-0.2, 0) is 0 Å².